The molecule has 0 bridgehead atoms. The van der Waals surface area contributed by atoms with Gasteiger partial charge < -0.3 is 11.2 Å². The van der Waals surface area contributed by atoms with Gasteiger partial charge in [-0.3, -0.25) is 0 Å². The summed E-state index contributed by atoms with van der Waals surface area (Å²) < 4.78 is 0. The van der Waals surface area contributed by atoms with Crippen LogP contribution >= 0.6 is 23.2 Å². The Morgan fingerprint density at radius 3 is 2.38 bits per heavy atom. The van der Waals surface area contributed by atoms with Crippen molar-refractivity contribution in [1.82, 2.24) is 5.43 Å². The van der Waals surface area contributed by atoms with E-state index >= 15 is 0 Å². The van der Waals surface area contributed by atoms with Gasteiger partial charge >= 0.3 is 0 Å². The Hall–Kier alpha value is 0.0400. The lowest BCUT2D eigenvalue weighted by molar-refractivity contribution is 0.930. The molecule has 5 heteroatoms. The van der Waals surface area contributed by atoms with E-state index in [1.165, 1.54) is 6.08 Å². The molecular weight excluding hydrogens is 149 g/mol. The number of nitrogens with one attached hydrogen (secondary N) is 1. The minimum Gasteiger partial charge on any atom is -0.315 e. The molecule has 0 saturated carbocycles. The van der Waals surface area contributed by atoms with Crippen molar-refractivity contribution in [2.75, 3.05) is 0 Å². The molecule has 0 heterocycles. The van der Waals surface area contributed by atoms with Crippen molar-refractivity contribution in [3.63, 3.8) is 0 Å². The van der Waals surface area contributed by atoms with Gasteiger partial charge in [-0.1, -0.05) is 11.6 Å². The van der Waals surface area contributed by atoms with E-state index in [-0.39, 0.29) is 5.16 Å². The molecule has 0 aromatic carbocycles. The second kappa shape index (κ2) is 3.97. The summed E-state index contributed by atoms with van der Waals surface area (Å²) in [6.45, 7) is 0. The fraction of sp³-hybridized carbons (Fsp3) is 0.333. The zero-order valence-electron chi connectivity index (χ0n) is 4.07. The molecule has 48 valence electrons. The highest BCUT2D eigenvalue weighted by Crippen LogP contribution is 1.96. The maximum Gasteiger partial charge on any atom is 0.114 e. The monoisotopic (exact) mass is 155 g/mol. The Balaban J connectivity index is 3.56. The molecule has 3 nitrogen and oxygen atoms in total. The van der Waals surface area contributed by atoms with Crippen LogP contribution in [0.2, 0.25) is 0 Å². The summed E-state index contributed by atoms with van der Waals surface area (Å²) >= 11 is 10.6. The molecule has 0 radical (unpaired) electrons. The number of halogens is 2. The lowest BCUT2D eigenvalue weighted by Crippen LogP contribution is -2.20. The van der Waals surface area contributed by atoms with Crippen LogP contribution in [0.5, 0.6) is 0 Å². The summed E-state index contributed by atoms with van der Waals surface area (Å²) in [5.74, 6) is 4.86. The Bertz CT molecular complexity index is 90.5. The summed E-state index contributed by atoms with van der Waals surface area (Å²) in [6.07, 6.45) is 1.38. The third-order valence-electron chi connectivity index (χ3n) is 0.443. The lowest BCUT2D eigenvalue weighted by atomic mass is 10.6. The number of hydrogen-bond acceptors (Lipinski definition) is 3. The van der Waals surface area contributed by atoms with Crippen molar-refractivity contribution in [1.29, 1.82) is 0 Å². The van der Waals surface area contributed by atoms with Gasteiger partial charge in [-0.05, 0) is 6.08 Å². The minimum atomic E-state index is -0.585. The fourth-order valence-electron chi connectivity index (χ4n) is 0.188. The Morgan fingerprint density at radius 1 is 1.75 bits per heavy atom. The largest absolute Gasteiger partial charge is 0.315 e. The van der Waals surface area contributed by atoms with E-state index < -0.39 is 5.50 Å². The van der Waals surface area contributed by atoms with Crippen molar-refractivity contribution in [3.05, 3.63) is 11.2 Å². The molecule has 0 aromatic heterocycles. The van der Waals surface area contributed by atoms with Gasteiger partial charge in [0.2, 0.25) is 0 Å². The summed E-state index contributed by atoms with van der Waals surface area (Å²) in [6, 6.07) is 0. The van der Waals surface area contributed by atoms with Gasteiger partial charge in [-0.15, -0.1) is 11.6 Å². The summed E-state index contributed by atoms with van der Waals surface area (Å²) in [5.41, 5.74) is 6.65. The number of hydrogen-bond donors (Lipinski definition) is 3. The first-order chi connectivity index (χ1) is 3.66. The highest BCUT2D eigenvalue weighted by Gasteiger charge is 1.90. The molecule has 1 unspecified atom stereocenters. The number of alkyl halides is 1. The van der Waals surface area contributed by atoms with Crippen LogP contribution in [-0.2, 0) is 0 Å². The first-order valence-corrected chi connectivity index (χ1v) is 2.72. The minimum absolute atomic E-state index is 0.243. The Morgan fingerprint density at radius 2 is 2.25 bits per heavy atom. The first-order valence-electron chi connectivity index (χ1n) is 1.90. The van der Waals surface area contributed by atoms with Gasteiger partial charge in [-0.25, -0.2) is 5.84 Å². The zero-order chi connectivity index (χ0) is 6.57. The fourth-order valence-corrected chi connectivity index (χ4v) is 0.514. The highest BCUT2D eigenvalue weighted by atomic mass is 35.5. The molecule has 0 spiro atoms. The average Bonchev–Trinajstić information content (AvgIpc) is 1.65. The normalized spacial score (nSPS) is 15.8. The van der Waals surface area contributed by atoms with Crippen molar-refractivity contribution in [2.24, 2.45) is 11.6 Å². The topological polar surface area (TPSA) is 64.1 Å². The molecule has 0 aliphatic heterocycles. The Labute approximate surface area is 57.6 Å². The smallest absolute Gasteiger partial charge is 0.114 e. The van der Waals surface area contributed by atoms with E-state index in [2.05, 4.69) is 5.43 Å². The maximum absolute atomic E-state index is 5.32. The average molecular weight is 156 g/mol. The maximum atomic E-state index is 5.32. The van der Waals surface area contributed by atoms with Crippen LogP contribution in [0.4, 0.5) is 0 Å². The van der Waals surface area contributed by atoms with Crippen molar-refractivity contribution >= 4 is 23.2 Å². The molecular formula is C3H7Cl2N3. The van der Waals surface area contributed by atoms with Crippen LogP contribution < -0.4 is 17.0 Å². The van der Waals surface area contributed by atoms with E-state index in [0.29, 0.717) is 0 Å². The van der Waals surface area contributed by atoms with Crippen LogP contribution in [0.15, 0.2) is 11.2 Å². The van der Waals surface area contributed by atoms with Crippen LogP contribution in [0.3, 0.4) is 0 Å². The SMILES string of the molecule is NN/C(Cl)=C\C(N)Cl. The van der Waals surface area contributed by atoms with E-state index in [1.807, 2.05) is 0 Å². The molecule has 0 amide bonds. The second-order valence-corrected chi connectivity index (χ2v) is 2.01. The third-order valence-corrected chi connectivity index (χ3v) is 0.805. The van der Waals surface area contributed by atoms with E-state index in [4.69, 9.17) is 34.8 Å². The van der Waals surface area contributed by atoms with Crippen LogP contribution in [0.25, 0.3) is 0 Å². The van der Waals surface area contributed by atoms with Crippen LogP contribution in [0.1, 0.15) is 0 Å². The van der Waals surface area contributed by atoms with Crippen molar-refractivity contribution < 1.29 is 0 Å². The molecule has 0 aliphatic rings. The lowest BCUT2D eigenvalue weighted by Gasteiger charge is -1.95. The predicted octanol–water partition coefficient (Wildman–Crippen LogP) is 0.0535. The van der Waals surface area contributed by atoms with Gasteiger partial charge in [0.05, 0.1) is 0 Å². The van der Waals surface area contributed by atoms with Gasteiger partial charge in [0.15, 0.2) is 0 Å². The van der Waals surface area contributed by atoms with Crippen LogP contribution in [-0.4, -0.2) is 5.50 Å². The summed E-state index contributed by atoms with van der Waals surface area (Å²) in [7, 11) is 0. The molecule has 0 fully saturated rings. The summed E-state index contributed by atoms with van der Waals surface area (Å²) in [4.78, 5) is 0. The zero-order valence-corrected chi connectivity index (χ0v) is 5.58. The van der Waals surface area contributed by atoms with Gasteiger partial charge in [-0.2, -0.15) is 0 Å². The van der Waals surface area contributed by atoms with Crippen molar-refractivity contribution in [3.8, 4) is 0 Å². The quantitative estimate of drug-likeness (QED) is 0.229. The van der Waals surface area contributed by atoms with Crippen LogP contribution in [0, 0.1) is 0 Å². The summed E-state index contributed by atoms with van der Waals surface area (Å²) in [5, 5.41) is 0.243. The molecule has 0 saturated heterocycles. The molecule has 1 atom stereocenters. The van der Waals surface area contributed by atoms with Gasteiger partial charge in [0.25, 0.3) is 0 Å². The predicted molar refractivity (Wildman–Crippen MR) is 35.1 cm³/mol. The Kier molecular flexibility index (Phi) is 3.99. The number of rotatable bonds is 2. The highest BCUT2D eigenvalue weighted by molar-refractivity contribution is 6.30. The molecule has 0 aliphatic carbocycles. The molecule has 0 aromatic rings. The van der Waals surface area contributed by atoms with Gasteiger partial charge in [0.1, 0.15) is 10.7 Å². The van der Waals surface area contributed by atoms with E-state index in [9.17, 15) is 0 Å². The van der Waals surface area contributed by atoms with Gasteiger partial charge in [0, 0.05) is 0 Å². The number of nitrogens with two attached hydrogens (primary N) is 2. The van der Waals surface area contributed by atoms with Crippen molar-refractivity contribution in [2.45, 2.75) is 5.50 Å². The van der Waals surface area contributed by atoms with E-state index in [0.717, 1.165) is 0 Å². The molecule has 5 N–H and O–H groups in total. The number of hydrazine groups is 1. The molecule has 0 rings (SSSR count). The molecule has 8 heavy (non-hydrogen) atoms. The van der Waals surface area contributed by atoms with E-state index in [1.54, 1.807) is 0 Å². The second-order valence-electron chi connectivity index (χ2n) is 1.10. The standard InChI is InChI=1S/C3H7Cl2N3/c4-2(6)1-3(5)8-7/h1-2,8H,6-7H2/b3-1-. The first kappa shape index (κ1) is 8.04. The third kappa shape index (κ3) is 4.21.